The largest absolute Gasteiger partial charge is 0.336 e. The molecule has 2 aromatic heterocycles. The highest BCUT2D eigenvalue weighted by Crippen LogP contribution is 2.26. The Morgan fingerprint density at radius 2 is 2.39 bits per heavy atom. The smallest absolute Gasteiger partial charge is 0.225 e. The summed E-state index contributed by atoms with van der Waals surface area (Å²) in [5.41, 5.74) is 9.05. The number of nitrogens with two attached hydrogens (primary N) is 1. The summed E-state index contributed by atoms with van der Waals surface area (Å²) in [6.45, 7) is 4.41. The maximum absolute atomic E-state index is 5.64. The van der Waals surface area contributed by atoms with Crippen molar-refractivity contribution in [3.05, 3.63) is 39.3 Å². The molecule has 0 aliphatic carbocycles. The molecule has 94 valence electrons. The highest BCUT2D eigenvalue weighted by Gasteiger charge is 2.19. The maximum Gasteiger partial charge on any atom is 0.225 e. The van der Waals surface area contributed by atoms with Crippen molar-refractivity contribution in [2.24, 2.45) is 5.73 Å². The first kappa shape index (κ1) is 11.6. The molecule has 2 aromatic rings. The third-order valence-electron chi connectivity index (χ3n) is 3.38. The van der Waals surface area contributed by atoms with Gasteiger partial charge in [0.05, 0.1) is 0 Å². The van der Waals surface area contributed by atoms with E-state index in [1.54, 1.807) is 0 Å². The Kier molecular flexibility index (Phi) is 3.01. The van der Waals surface area contributed by atoms with Gasteiger partial charge in [-0.05, 0) is 30.4 Å². The van der Waals surface area contributed by atoms with E-state index in [-0.39, 0.29) is 0 Å². The van der Waals surface area contributed by atoms with Gasteiger partial charge in [-0.3, -0.25) is 0 Å². The average Bonchev–Trinajstić information content (AvgIpc) is 2.85. The molecule has 0 amide bonds. The molecule has 0 radical (unpaired) electrons. The Morgan fingerprint density at radius 1 is 1.50 bits per heavy atom. The summed E-state index contributed by atoms with van der Waals surface area (Å²) in [7, 11) is 0. The third-order valence-corrected chi connectivity index (χ3v) is 4.40. The summed E-state index contributed by atoms with van der Waals surface area (Å²) in [5, 5.41) is 2.16. The van der Waals surface area contributed by atoms with Crippen molar-refractivity contribution in [2.75, 3.05) is 11.4 Å². The van der Waals surface area contributed by atoms with Crippen LogP contribution in [0.1, 0.15) is 21.7 Å². The number of rotatable bonds is 2. The normalized spacial score (nSPS) is 14.7. The van der Waals surface area contributed by atoms with Gasteiger partial charge in [-0.1, -0.05) is 0 Å². The molecule has 0 spiro atoms. The Bertz CT molecular complexity index is 564. The summed E-state index contributed by atoms with van der Waals surface area (Å²) in [6.07, 6.45) is 2.94. The first-order chi connectivity index (χ1) is 8.78. The van der Waals surface area contributed by atoms with Crippen LogP contribution in [0.5, 0.6) is 0 Å². The molecule has 18 heavy (non-hydrogen) atoms. The van der Waals surface area contributed by atoms with Gasteiger partial charge in [0.2, 0.25) is 5.95 Å². The van der Waals surface area contributed by atoms with E-state index in [0.29, 0.717) is 6.54 Å². The van der Waals surface area contributed by atoms with E-state index < -0.39 is 0 Å². The minimum absolute atomic E-state index is 0.501. The summed E-state index contributed by atoms with van der Waals surface area (Å²) in [5.74, 6) is 0.821. The predicted molar refractivity (Wildman–Crippen MR) is 73.7 cm³/mol. The lowest BCUT2D eigenvalue weighted by Crippen LogP contribution is -2.31. The molecule has 0 saturated heterocycles. The van der Waals surface area contributed by atoms with E-state index in [4.69, 9.17) is 5.73 Å². The number of aromatic nitrogens is 2. The zero-order valence-corrected chi connectivity index (χ0v) is 11.2. The van der Waals surface area contributed by atoms with Crippen molar-refractivity contribution in [1.82, 2.24) is 9.97 Å². The Labute approximate surface area is 110 Å². The van der Waals surface area contributed by atoms with E-state index in [2.05, 4.69) is 26.3 Å². The molecular weight excluding hydrogens is 244 g/mol. The second-order valence-corrected chi connectivity index (χ2v) is 5.53. The first-order valence-corrected chi connectivity index (χ1v) is 6.98. The van der Waals surface area contributed by atoms with Crippen molar-refractivity contribution < 1.29 is 0 Å². The van der Waals surface area contributed by atoms with Crippen molar-refractivity contribution >= 4 is 17.3 Å². The monoisotopic (exact) mass is 260 g/mol. The van der Waals surface area contributed by atoms with Crippen LogP contribution < -0.4 is 10.6 Å². The van der Waals surface area contributed by atoms with Crippen molar-refractivity contribution in [2.45, 2.75) is 26.4 Å². The minimum Gasteiger partial charge on any atom is -0.336 e. The van der Waals surface area contributed by atoms with E-state index >= 15 is 0 Å². The number of hydrogen-bond donors (Lipinski definition) is 1. The molecule has 0 aromatic carbocycles. The van der Waals surface area contributed by atoms with Crippen LogP contribution in [0, 0.1) is 6.92 Å². The summed E-state index contributed by atoms with van der Waals surface area (Å²) >= 11 is 1.85. The molecule has 3 rings (SSSR count). The van der Waals surface area contributed by atoms with Crippen LogP contribution in [0.2, 0.25) is 0 Å². The summed E-state index contributed by atoms with van der Waals surface area (Å²) < 4.78 is 0. The first-order valence-electron chi connectivity index (χ1n) is 6.10. The second kappa shape index (κ2) is 4.66. The summed E-state index contributed by atoms with van der Waals surface area (Å²) in [4.78, 5) is 12.7. The molecule has 0 saturated carbocycles. The van der Waals surface area contributed by atoms with Gasteiger partial charge in [0, 0.05) is 42.0 Å². The lowest BCUT2D eigenvalue weighted by molar-refractivity contribution is 0.713. The Hall–Kier alpha value is -1.46. The van der Waals surface area contributed by atoms with Gasteiger partial charge in [0.15, 0.2) is 0 Å². The van der Waals surface area contributed by atoms with E-state index in [1.165, 1.54) is 10.4 Å². The molecule has 5 heteroatoms. The van der Waals surface area contributed by atoms with Crippen LogP contribution in [-0.2, 0) is 19.5 Å². The van der Waals surface area contributed by atoms with Crippen LogP contribution in [0.15, 0.2) is 17.6 Å². The Morgan fingerprint density at radius 3 is 3.17 bits per heavy atom. The quantitative estimate of drug-likeness (QED) is 0.895. The highest BCUT2D eigenvalue weighted by atomic mass is 32.1. The molecule has 2 N–H and O–H groups in total. The van der Waals surface area contributed by atoms with E-state index in [1.807, 2.05) is 24.5 Å². The zero-order valence-electron chi connectivity index (χ0n) is 10.4. The number of thiophene rings is 1. The summed E-state index contributed by atoms with van der Waals surface area (Å²) in [6, 6.07) is 2.20. The van der Waals surface area contributed by atoms with Gasteiger partial charge in [-0.25, -0.2) is 9.97 Å². The van der Waals surface area contributed by atoms with Crippen molar-refractivity contribution in [3.8, 4) is 0 Å². The van der Waals surface area contributed by atoms with Gasteiger partial charge < -0.3 is 10.6 Å². The fraction of sp³-hybridized carbons (Fsp3) is 0.385. The molecule has 0 bridgehead atoms. The molecule has 0 unspecified atom stereocenters. The van der Waals surface area contributed by atoms with Gasteiger partial charge in [-0.15, -0.1) is 11.3 Å². The molecular formula is C13H16N4S. The maximum atomic E-state index is 5.64. The topological polar surface area (TPSA) is 55.0 Å². The van der Waals surface area contributed by atoms with Crippen LogP contribution in [0.25, 0.3) is 0 Å². The van der Waals surface area contributed by atoms with Crippen LogP contribution in [0.3, 0.4) is 0 Å². The molecule has 4 nitrogen and oxygen atoms in total. The number of fused-ring (bicyclic) bond motifs is 1. The third kappa shape index (κ3) is 2.00. The lowest BCUT2D eigenvalue weighted by atomic mass is 10.1. The predicted octanol–water partition coefficient (Wildman–Crippen LogP) is 1.87. The number of nitrogens with zero attached hydrogens (tertiary/aromatic N) is 3. The fourth-order valence-electron chi connectivity index (χ4n) is 2.25. The van der Waals surface area contributed by atoms with Crippen LogP contribution >= 0.6 is 11.3 Å². The molecule has 1 aliphatic rings. The number of aryl methyl sites for hydroxylation is 1. The number of hydrogen-bond acceptors (Lipinski definition) is 5. The minimum atomic E-state index is 0.501. The van der Waals surface area contributed by atoms with Gasteiger partial charge in [0.1, 0.15) is 0 Å². The van der Waals surface area contributed by atoms with Crippen molar-refractivity contribution in [1.29, 1.82) is 0 Å². The van der Waals surface area contributed by atoms with Gasteiger partial charge >= 0.3 is 0 Å². The van der Waals surface area contributed by atoms with Gasteiger partial charge in [0.25, 0.3) is 0 Å². The molecule has 0 fully saturated rings. The van der Waals surface area contributed by atoms with E-state index in [0.717, 1.165) is 36.7 Å². The van der Waals surface area contributed by atoms with Crippen LogP contribution in [-0.4, -0.2) is 16.5 Å². The van der Waals surface area contributed by atoms with E-state index in [9.17, 15) is 0 Å². The Balaban J connectivity index is 1.86. The lowest BCUT2D eigenvalue weighted by Gasteiger charge is -2.27. The zero-order chi connectivity index (χ0) is 12.5. The number of anilines is 1. The van der Waals surface area contributed by atoms with Gasteiger partial charge in [-0.2, -0.15) is 0 Å². The average molecular weight is 260 g/mol. The van der Waals surface area contributed by atoms with Crippen molar-refractivity contribution in [3.63, 3.8) is 0 Å². The highest BCUT2D eigenvalue weighted by molar-refractivity contribution is 7.10. The second-order valence-electron chi connectivity index (χ2n) is 4.53. The molecule has 0 atom stereocenters. The van der Waals surface area contributed by atoms with Crippen LogP contribution in [0.4, 0.5) is 5.95 Å². The fourth-order valence-corrected chi connectivity index (χ4v) is 3.14. The molecule has 1 aliphatic heterocycles. The standard InChI is InChI=1S/C13H16N4S/c1-9-11(6-14)7-15-13(16-9)17-4-2-12-10(8-17)3-5-18-12/h3,5,7H,2,4,6,8,14H2,1H3. The SMILES string of the molecule is Cc1nc(N2CCc3sccc3C2)ncc1CN. The molecule has 3 heterocycles.